The SMILES string of the molecule is Cc1ccc(NC=CC(=O)c2ccc(Cl)cc2)cc1. The van der Waals surface area contributed by atoms with Gasteiger partial charge < -0.3 is 5.32 Å². The van der Waals surface area contributed by atoms with E-state index >= 15 is 0 Å². The third-order valence-corrected chi connectivity index (χ3v) is 2.92. The van der Waals surface area contributed by atoms with Gasteiger partial charge in [-0.25, -0.2) is 0 Å². The van der Waals surface area contributed by atoms with E-state index in [1.165, 1.54) is 11.6 Å². The summed E-state index contributed by atoms with van der Waals surface area (Å²) in [6.07, 6.45) is 3.14. The van der Waals surface area contributed by atoms with Crippen molar-refractivity contribution in [2.45, 2.75) is 6.92 Å². The minimum atomic E-state index is -0.0590. The Kier molecular flexibility index (Phi) is 4.37. The number of carbonyl (C=O) groups is 1. The molecule has 0 aromatic heterocycles. The molecular weight excluding hydrogens is 258 g/mol. The summed E-state index contributed by atoms with van der Waals surface area (Å²) in [4.78, 5) is 11.8. The van der Waals surface area contributed by atoms with E-state index in [4.69, 9.17) is 11.6 Å². The molecule has 2 rings (SSSR count). The van der Waals surface area contributed by atoms with Crippen molar-refractivity contribution < 1.29 is 4.79 Å². The Morgan fingerprint density at radius 1 is 1.05 bits per heavy atom. The molecule has 2 aromatic rings. The lowest BCUT2D eigenvalue weighted by Gasteiger charge is -2.00. The fraction of sp³-hybridized carbons (Fsp3) is 0.0625. The number of halogens is 1. The Balaban J connectivity index is 1.97. The van der Waals surface area contributed by atoms with Crippen LogP contribution in [0.2, 0.25) is 5.02 Å². The quantitative estimate of drug-likeness (QED) is 0.657. The van der Waals surface area contributed by atoms with Crippen molar-refractivity contribution in [3.63, 3.8) is 0 Å². The van der Waals surface area contributed by atoms with Gasteiger partial charge in [-0.1, -0.05) is 29.3 Å². The van der Waals surface area contributed by atoms with E-state index in [0.29, 0.717) is 10.6 Å². The van der Waals surface area contributed by atoms with Crippen LogP contribution in [-0.2, 0) is 0 Å². The van der Waals surface area contributed by atoms with Gasteiger partial charge in [0.15, 0.2) is 5.78 Å². The van der Waals surface area contributed by atoms with Crippen molar-refractivity contribution in [2.75, 3.05) is 5.32 Å². The maximum atomic E-state index is 11.8. The topological polar surface area (TPSA) is 29.1 Å². The van der Waals surface area contributed by atoms with Crippen LogP contribution in [0.1, 0.15) is 15.9 Å². The lowest BCUT2D eigenvalue weighted by molar-refractivity contribution is 0.104. The number of rotatable bonds is 4. The average Bonchev–Trinajstić information content (AvgIpc) is 2.41. The van der Waals surface area contributed by atoms with Crippen LogP contribution in [-0.4, -0.2) is 5.78 Å². The van der Waals surface area contributed by atoms with E-state index in [9.17, 15) is 4.79 Å². The van der Waals surface area contributed by atoms with Gasteiger partial charge in [-0.15, -0.1) is 0 Å². The molecule has 0 saturated carbocycles. The minimum Gasteiger partial charge on any atom is -0.362 e. The van der Waals surface area contributed by atoms with E-state index in [-0.39, 0.29) is 5.78 Å². The molecule has 0 fully saturated rings. The highest BCUT2D eigenvalue weighted by Crippen LogP contribution is 2.11. The van der Waals surface area contributed by atoms with Crippen LogP contribution in [0.15, 0.2) is 60.8 Å². The normalized spacial score (nSPS) is 10.6. The molecule has 0 heterocycles. The monoisotopic (exact) mass is 271 g/mol. The number of anilines is 1. The molecule has 2 nitrogen and oxygen atoms in total. The third kappa shape index (κ3) is 3.97. The molecule has 0 aliphatic carbocycles. The summed E-state index contributed by atoms with van der Waals surface area (Å²) in [5.74, 6) is -0.0590. The first-order valence-electron chi connectivity index (χ1n) is 5.95. The highest BCUT2D eigenvalue weighted by molar-refractivity contribution is 6.30. The van der Waals surface area contributed by atoms with Gasteiger partial charge in [-0.05, 0) is 43.3 Å². The van der Waals surface area contributed by atoms with Gasteiger partial charge in [0.05, 0.1) is 0 Å². The Labute approximate surface area is 117 Å². The predicted octanol–water partition coefficient (Wildman–Crippen LogP) is 4.46. The number of carbonyl (C=O) groups excluding carboxylic acids is 1. The van der Waals surface area contributed by atoms with Crippen LogP contribution in [0, 0.1) is 6.92 Å². The first-order chi connectivity index (χ1) is 9.15. The zero-order valence-corrected chi connectivity index (χ0v) is 11.3. The summed E-state index contributed by atoms with van der Waals surface area (Å²) in [5.41, 5.74) is 2.77. The van der Waals surface area contributed by atoms with Crippen LogP contribution in [0.4, 0.5) is 5.69 Å². The average molecular weight is 272 g/mol. The summed E-state index contributed by atoms with van der Waals surface area (Å²) in [5, 5.41) is 3.68. The predicted molar refractivity (Wildman–Crippen MR) is 79.7 cm³/mol. The smallest absolute Gasteiger partial charge is 0.187 e. The molecule has 0 aliphatic rings. The molecule has 0 aliphatic heterocycles. The molecule has 19 heavy (non-hydrogen) atoms. The number of benzene rings is 2. The van der Waals surface area contributed by atoms with E-state index in [1.54, 1.807) is 30.5 Å². The summed E-state index contributed by atoms with van der Waals surface area (Å²) in [6, 6.07) is 14.8. The highest BCUT2D eigenvalue weighted by Gasteiger charge is 2.00. The van der Waals surface area contributed by atoms with Crippen molar-refractivity contribution in [1.82, 2.24) is 0 Å². The van der Waals surface area contributed by atoms with Gasteiger partial charge in [0.25, 0.3) is 0 Å². The molecule has 0 amide bonds. The maximum absolute atomic E-state index is 11.8. The Morgan fingerprint density at radius 3 is 2.32 bits per heavy atom. The maximum Gasteiger partial charge on any atom is 0.187 e. The lowest BCUT2D eigenvalue weighted by Crippen LogP contribution is -1.95. The molecule has 1 N–H and O–H groups in total. The Hall–Kier alpha value is -2.06. The number of allylic oxidation sites excluding steroid dienone is 1. The Bertz CT molecular complexity index is 585. The molecule has 96 valence electrons. The molecule has 0 unspecified atom stereocenters. The second-order valence-corrected chi connectivity index (χ2v) is 4.65. The second-order valence-electron chi connectivity index (χ2n) is 4.21. The second kappa shape index (κ2) is 6.21. The van der Waals surface area contributed by atoms with Crippen molar-refractivity contribution in [3.05, 3.63) is 77.0 Å². The molecule has 0 bridgehead atoms. The molecular formula is C16H14ClNO. The van der Waals surface area contributed by atoms with Gasteiger partial charge in [0.2, 0.25) is 0 Å². The number of hydrogen-bond donors (Lipinski definition) is 1. The largest absolute Gasteiger partial charge is 0.362 e. The lowest BCUT2D eigenvalue weighted by atomic mass is 10.1. The first kappa shape index (κ1) is 13.4. The van der Waals surface area contributed by atoms with Crippen LogP contribution < -0.4 is 5.32 Å². The molecule has 0 atom stereocenters. The van der Waals surface area contributed by atoms with Gasteiger partial charge in [0, 0.05) is 28.5 Å². The van der Waals surface area contributed by atoms with Gasteiger partial charge in [-0.3, -0.25) is 4.79 Å². The van der Waals surface area contributed by atoms with Crippen LogP contribution >= 0.6 is 11.6 Å². The van der Waals surface area contributed by atoms with E-state index in [2.05, 4.69) is 5.32 Å². The van der Waals surface area contributed by atoms with Crippen LogP contribution in [0.5, 0.6) is 0 Å². The van der Waals surface area contributed by atoms with Gasteiger partial charge in [0.1, 0.15) is 0 Å². The Morgan fingerprint density at radius 2 is 1.68 bits per heavy atom. The summed E-state index contributed by atoms with van der Waals surface area (Å²) < 4.78 is 0. The molecule has 0 radical (unpaired) electrons. The van der Waals surface area contributed by atoms with Crippen LogP contribution in [0.3, 0.4) is 0 Å². The molecule has 0 saturated heterocycles. The van der Waals surface area contributed by atoms with E-state index in [0.717, 1.165) is 5.69 Å². The summed E-state index contributed by atoms with van der Waals surface area (Å²) >= 11 is 5.77. The fourth-order valence-corrected chi connectivity index (χ4v) is 1.70. The number of nitrogens with one attached hydrogen (secondary N) is 1. The number of ketones is 1. The minimum absolute atomic E-state index is 0.0590. The fourth-order valence-electron chi connectivity index (χ4n) is 1.57. The molecule has 0 spiro atoms. The summed E-state index contributed by atoms with van der Waals surface area (Å²) in [6.45, 7) is 2.03. The van der Waals surface area contributed by atoms with E-state index < -0.39 is 0 Å². The molecule has 2 aromatic carbocycles. The molecule has 3 heteroatoms. The standard InChI is InChI=1S/C16H14ClNO/c1-12-2-8-15(9-3-12)18-11-10-16(19)13-4-6-14(17)7-5-13/h2-11,18H,1H3. The van der Waals surface area contributed by atoms with Crippen molar-refractivity contribution >= 4 is 23.1 Å². The van der Waals surface area contributed by atoms with Gasteiger partial charge >= 0.3 is 0 Å². The number of hydrogen-bond acceptors (Lipinski definition) is 2. The van der Waals surface area contributed by atoms with E-state index in [1.807, 2.05) is 31.2 Å². The van der Waals surface area contributed by atoms with Crippen molar-refractivity contribution in [3.8, 4) is 0 Å². The van der Waals surface area contributed by atoms with Crippen molar-refractivity contribution in [1.29, 1.82) is 0 Å². The summed E-state index contributed by atoms with van der Waals surface area (Å²) in [7, 11) is 0. The van der Waals surface area contributed by atoms with Crippen LogP contribution in [0.25, 0.3) is 0 Å². The highest BCUT2D eigenvalue weighted by atomic mass is 35.5. The first-order valence-corrected chi connectivity index (χ1v) is 6.32. The van der Waals surface area contributed by atoms with Gasteiger partial charge in [-0.2, -0.15) is 0 Å². The number of aryl methyl sites for hydroxylation is 1. The zero-order chi connectivity index (χ0) is 13.7. The zero-order valence-electron chi connectivity index (χ0n) is 10.6. The third-order valence-electron chi connectivity index (χ3n) is 2.67. The van der Waals surface area contributed by atoms with Crippen molar-refractivity contribution in [2.24, 2.45) is 0 Å².